The van der Waals surface area contributed by atoms with Gasteiger partial charge in [0.2, 0.25) is 0 Å². The van der Waals surface area contributed by atoms with Crippen LogP contribution in [0.2, 0.25) is 0 Å². The summed E-state index contributed by atoms with van der Waals surface area (Å²) in [5.41, 5.74) is 2.82. The Balaban J connectivity index is 1.60. The standard InChI is InChI=1S/C25H27NO3/c1-3-19(2)21-13-7-9-15-23(21)29-18-25(27)26-22-14-8-10-16-24(22)28-17-20-11-5-4-6-12-20/h4-16,19H,3,17-18H2,1-2H3,(H,26,27). The summed E-state index contributed by atoms with van der Waals surface area (Å²) < 4.78 is 11.7. The van der Waals surface area contributed by atoms with Gasteiger partial charge in [0.1, 0.15) is 18.1 Å². The molecule has 29 heavy (non-hydrogen) atoms. The summed E-state index contributed by atoms with van der Waals surface area (Å²) in [6.45, 7) is 4.68. The van der Waals surface area contributed by atoms with E-state index in [-0.39, 0.29) is 12.5 Å². The van der Waals surface area contributed by atoms with Crippen LogP contribution in [0, 0.1) is 0 Å². The minimum Gasteiger partial charge on any atom is -0.487 e. The van der Waals surface area contributed by atoms with Gasteiger partial charge in [0.05, 0.1) is 5.69 Å². The largest absolute Gasteiger partial charge is 0.487 e. The summed E-state index contributed by atoms with van der Waals surface area (Å²) in [5, 5.41) is 2.89. The normalized spacial score (nSPS) is 11.5. The molecule has 0 aliphatic carbocycles. The van der Waals surface area contributed by atoms with Crippen LogP contribution in [-0.2, 0) is 11.4 Å². The summed E-state index contributed by atoms with van der Waals surface area (Å²) in [7, 11) is 0. The van der Waals surface area contributed by atoms with E-state index in [0.29, 0.717) is 24.0 Å². The summed E-state index contributed by atoms with van der Waals surface area (Å²) in [6, 6.07) is 25.2. The number of carbonyl (C=O) groups is 1. The van der Waals surface area contributed by atoms with Crippen molar-refractivity contribution in [3.8, 4) is 11.5 Å². The number of amides is 1. The molecule has 0 bridgehead atoms. The van der Waals surface area contributed by atoms with E-state index in [1.807, 2.05) is 78.9 Å². The van der Waals surface area contributed by atoms with E-state index >= 15 is 0 Å². The minimum absolute atomic E-state index is 0.0551. The van der Waals surface area contributed by atoms with Gasteiger partial charge in [-0.25, -0.2) is 0 Å². The Morgan fingerprint density at radius 2 is 1.52 bits per heavy atom. The van der Waals surface area contributed by atoms with Crippen LogP contribution in [0.1, 0.15) is 37.3 Å². The Bertz CT molecular complexity index is 924. The Hall–Kier alpha value is -3.27. The molecule has 0 fully saturated rings. The van der Waals surface area contributed by atoms with Crippen LogP contribution in [0.5, 0.6) is 11.5 Å². The number of ether oxygens (including phenoxy) is 2. The van der Waals surface area contributed by atoms with Crippen molar-refractivity contribution in [1.82, 2.24) is 0 Å². The van der Waals surface area contributed by atoms with E-state index in [1.165, 1.54) is 0 Å². The van der Waals surface area contributed by atoms with E-state index in [0.717, 1.165) is 23.3 Å². The van der Waals surface area contributed by atoms with Crippen molar-refractivity contribution >= 4 is 11.6 Å². The van der Waals surface area contributed by atoms with Gasteiger partial charge in [0.25, 0.3) is 5.91 Å². The molecule has 150 valence electrons. The molecule has 1 amide bonds. The molecule has 0 heterocycles. The highest BCUT2D eigenvalue weighted by Gasteiger charge is 2.12. The molecule has 4 nitrogen and oxygen atoms in total. The highest BCUT2D eigenvalue weighted by Crippen LogP contribution is 2.29. The second kappa shape index (κ2) is 10.3. The van der Waals surface area contributed by atoms with E-state index in [2.05, 4.69) is 19.2 Å². The topological polar surface area (TPSA) is 47.6 Å². The Kier molecular flexibility index (Phi) is 7.28. The number of hydrogen-bond donors (Lipinski definition) is 1. The Labute approximate surface area is 172 Å². The molecule has 0 saturated carbocycles. The fourth-order valence-corrected chi connectivity index (χ4v) is 3.00. The zero-order valence-electron chi connectivity index (χ0n) is 16.9. The van der Waals surface area contributed by atoms with Gasteiger partial charge in [-0.1, -0.05) is 74.5 Å². The lowest BCUT2D eigenvalue weighted by Gasteiger charge is -2.16. The average molecular weight is 389 g/mol. The third-order valence-corrected chi connectivity index (χ3v) is 4.82. The van der Waals surface area contributed by atoms with Gasteiger partial charge < -0.3 is 14.8 Å². The molecule has 0 aliphatic heterocycles. The smallest absolute Gasteiger partial charge is 0.262 e. The molecule has 1 N–H and O–H groups in total. The lowest BCUT2D eigenvalue weighted by Crippen LogP contribution is -2.21. The summed E-state index contributed by atoms with van der Waals surface area (Å²) in [4.78, 5) is 12.5. The molecule has 3 rings (SSSR count). The highest BCUT2D eigenvalue weighted by molar-refractivity contribution is 5.93. The number of nitrogens with one attached hydrogen (secondary N) is 1. The van der Waals surface area contributed by atoms with Crippen LogP contribution in [0.3, 0.4) is 0 Å². The number of benzene rings is 3. The maximum atomic E-state index is 12.5. The van der Waals surface area contributed by atoms with E-state index in [4.69, 9.17) is 9.47 Å². The van der Waals surface area contributed by atoms with Gasteiger partial charge >= 0.3 is 0 Å². The Morgan fingerprint density at radius 1 is 0.862 bits per heavy atom. The fourth-order valence-electron chi connectivity index (χ4n) is 3.00. The second-order valence-electron chi connectivity index (χ2n) is 6.95. The molecule has 3 aromatic rings. The van der Waals surface area contributed by atoms with Gasteiger partial charge in [-0.2, -0.15) is 0 Å². The lowest BCUT2D eigenvalue weighted by molar-refractivity contribution is -0.118. The van der Waals surface area contributed by atoms with Gasteiger partial charge in [-0.15, -0.1) is 0 Å². The van der Waals surface area contributed by atoms with Crippen LogP contribution in [0.4, 0.5) is 5.69 Å². The number of hydrogen-bond acceptors (Lipinski definition) is 3. The van der Waals surface area contributed by atoms with Crippen LogP contribution in [-0.4, -0.2) is 12.5 Å². The van der Waals surface area contributed by atoms with E-state index < -0.39 is 0 Å². The highest BCUT2D eigenvalue weighted by atomic mass is 16.5. The van der Waals surface area contributed by atoms with Gasteiger partial charge in [0, 0.05) is 0 Å². The fraction of sp³-hybridized carbons (Fsp3) is 0.240. The Morgan fingerprint density at radius 3 is 2.28 bits per heavy atom. The van der Waals surface area contributed by atoms with Gasteiger partial charge in [-0.05, 0) is 41.7 Å². The summed E-state index contributed by atoms with van der Waals surface area (Å²) in [5.74, 6) is 1.54. The van der Waals surface area contributed by atoms with Crippen molar-refractivity contribution in [3.63, 3.8) is 0 Å². The first-order valence-corrected chi connectivity index (χ1v) is 9.94. The molecule has 0 aromatic heterocycles. The van der Waals surface area contributed by atoms with Crippen LogP contribution < -0.4 is 14.8 Å². The average Bonchev–Trinajstić information content (AvgIpc) is 2.77. The van der Waals surface area contributed by atoms with Crippen molar-refractivity contribution in [2.75, 3.05) is 11.9 Å². The van der Waals surface area contributed by atoms with Gasteiger partial charge in [-0.3, -0.25) is 4.79 Å². The molecule has 4 heteroatoms. The minimum atomic E-state index is -0.222. The quantitative estimate of drug-likeness (QED) is 0.503. The molecule has 3 aromatic carbocycles. The van der Waals surface area contributed by atoms with Gasteiger partial charge in [0.15, 0.2) is 6.61 Å². The van der Waals surface area contributed by atoms with Crippen LogP contribution >= 0.6 is 0 Å². The molecule has 0 spiro atoms. The molecule has 0 saturated heterocycles. The van der Waals surface area contributed by atoms with Crippen LogP contribution in [0.25, 0.3) is 0 Å². The monoisotopic (exact) mass is 389 g/mol. The zero-order valence-corrected chi connectivity index (χ0v) is 16.9. The zero-order chi connectivity index (χ0) is 20.5. The molecular formula is C25H27NO3. The first kappa shape index (κ1) is 20.5. The maximum absolute atomic E-state index is 12.5. The molecule has 1 atom stereocenters. The SMILES string of the molecule is CCC(C)c1ccccc1OCC(=O)Nc1ccccc1OCc1ccccc1. The number of rotatable bonds is 9. The summed E-state index contributed by atoms with van der Waals surface area (Å²) in [6.07, 6.45) is 1.01. The first-order chi connectivity index (χ1) is 14.2. The molecular weight excluding hydrogens is 362 g/mol. The van der Waals surface area contributed by atoms with Crippen molar-refractivity contribution in [3.05, 3.63) is 90.0 Å². The van der Waals surface area contributed by atoms with Crippen molar-refractivity contribution in [1.29, 1.82) is 0 Å². The molecule has 1 unspecified atom stereocenters. The lowest BCUT2D eigenvalue weighted by atomic mass is 9.98. The van der Waals surface area contributed by atoms with Crippen molar-refractivity contribution in [2.45, 2.75) is 32.8 Å². The summed E-state index contributed by atoms with van der Waals surface area (Å²) >= 11 is 0. The predicted octanol–water partition coefficient (Wildman–Crippen LogP) is 5.80. The van der Waals surface area contributed by atoms with Crippen molar-refractivity contribution < 1.29 is 14.3 Å². The first-order valence-electron chi connectivity index (χ1n) is 9.94. The van der Waals surface area contributed by atoms with Crippen molar-refractivity contribution in [2.24, 2.45) is 0 Å². The second-order valence-corrected chi connectivity index (χ2v) is 6.95. The van der Waals surface area contributed by atoms with E-state index in [1.54, 1.807) is 0 Å². The third-order valence-electron chi connectivity index (χ3n) is 4.82. The third kappa shape index (κ3) is 5.85. The van der Waals surface area contributed by atoms with E-state index in [9.17, 15) is 4.79 Å². The maximum Gasteiger partial charge on any atom is 0.262 e. The molecule has 0 aliphatic rings. The predicted molar refractivity (Wildman–Crippen MR) is 116 cm³/mol. The molecule has 0 radical (unpaired) electrons. The number of anilines is 1. The number of para-hydroxylation sites is 3. The number of carbonyl (C=O) groups excluding carboxylic acids is 1. The van der Waals surface area contributed by atoms with Crippen LogP contribution in [0.15, 0.2) is 78.9 Å².